The Labute approximate surface area is 131 Å². The molecule has 1 heteroatoms. The van der Waals surface area contributed by atoms with E-state index in [2.05, 4.69) is 19.9 Å². The van der Waals surface area contributed by atoms with Crippen molar-refractivity contribution in [3.8, 4) is 0 Å². The summed E-state index contributed by atoms with van der Waals surface area (Å²) in [6, 6.07) is 0. The molecule has 0 aromatic carbocycles. The highest BCUT2D eigenvalue weighted by Crippen LogP contribution is 2.24. The van der Waals surface area contributed by atoms with Crippen LogP contribution in [0, 0.1) is 11.8 Å². The van der Waals surface area contributed by atoms with Crippen LogP contribution in [0.3, 0.4) is 0 Å². The van der Waals surface area contributed by atoms with Gasteiger partial charge in [0.05, 0.1) is 0 Å². The number of hydrogen-bond acceptors (Lipinski definition) is 1. The smallest absolute Gasteiger partial charge is 0.162 e. The number of carbonyl (C=O) groups is 1. The Bertz CT molecular complexity index is 327. The third-order valence-electron chi connectivity index (χ3n) is 4.64. The number of ketones is 1. The SMILES string of the molecule is CCCCCCCCCCCCC(C)C1C=CC=CC1=O. The molecule has 0 fully saturated rings. The highest BCUT2D eigenvalue weighted by molar-refractivity contribution is 5.94. The van der Waals surface area contributed by atoms with E-state index in [-0.39, 0.29) is 11.7 Å². The van der Waals surface area contributed by atoms with E-state index in [1.165, 1.54) is 70.6 Å². The van der Waals surface area contributed by atoms with Crippen molar-refractivity contribution in [3.05, 3.63) is 24.3 Å². The van der Waals surface area contributed by atoms with Gasteiger partial charge in [-0.15, -0.1) is 0 Å². The van der Waals surface area contributed by atoms with E-state index in [1.54, 1.807) is 6.08 Å². The number of unbranched alkanes of at least 4 members (excludes halogenated alkanes) is 9. The van der Waals surface area contributed by atoms with Crippen molar-refractivity contribution in [2.45, 2.75) is 84.5 Å². The first-order valence-electron chi connectivity index (χ1n) is 9.14. The molecule has 1 aliphatic carbocycles. The second-order valence-corrected chi connectivity index (χ2v) is 6.62. The van der Waals surface area contributed by atoms with Crippen molar-refractivity contribution in [1.29, 1.82) is 0 Å². The molecule has 0 radical (unpaired) electrons. The zero-order chi connectivity index (χ0) is 15.3. The lowest BCUT2D eigenvalue weighted by Crippen LogP contribution is -2.19. The molecule has 0 aromatic rings. The third kappa shape index (κ3) is 8.24. The Morgan fingerprint density at radius 2 is 1.48 bits per heavy atom. The maximum Gasteiger partial charge on any atom is 0.162 e. The Morgan fingerprint density at radius 3 is 2.05 bits per heavy atom. The van der Waals surface area contributed by atoms with Crippen LogP contribution in [0.4, 0.5) is 0 Å². The average molecular weight is 290 g/mol. The Hall–Kier alpha value is -0.850. The van der Waals surface area contributed by atoms with Crippen molar-refractivity contribution in [1.82, 2.24) is 0 Å². The molecule has 0 aromatic heterocycles. The van der Waals surface area contributed by atoms with Gasteiger partial charge < -0.3 is 0 Å². The Kier molecular flexibility index (Phi) is 10.2. The van der Waals surface area contributed by atoms with Gasteiger partial charge in [-0.3, -0.25) is 4.79 Å². The summed E-state index contributed by atoms with van der Waals surface area (Å²) in [6.07, 6.45) is 22.6. The molecule has 0 N–H and O–H groups in total. The van der Waals surface area contributed by atoms with Crippen LogP contribution in [0.5, 0.6) is 0 Å². The average Bonchev–Trinajstić information content (AvgIpc) is 2.49. The first-order chi connectivity index (χ1) is 10.3. The number of carbonyl (C=O) groups excluding carboxylic acids is 1. The Balaban J connectivity index is 1.93. The number of hydrogen-bond donors (Lipinski definition) is 0. The minimum Gasteiger partial charge on any atom is -0.294 e. The van der Waals surface area contributed by atoms with Crippen LogP contribution in [0.1, 0.15) is 84.5 Å². The molecule has 0 aliphatic heterocycles. The maximum absolute atomic E-state index is 11.8. The number of rotatable bonds is 12. The van der Waals surface area contributed by atoms with Crippen molar-refractivity contribution in [3.63, 3.8) is 0 Å². The first-order valence-corrected chi connectivity index (χ1v) is 9.14. The molecule has 2 atom stereocenters. The van der Waals surface area contributed by atoms with Gasteiger partial charge in [0.2, 0.25) is 0 Å². The van der Waals surface area contributed by atoms with E-state index in [4.69, 9.17) is 0 Å². The van der Waals surface area contributed by atoms with E-state index in [0.29, 0.717) is 5.92 Å². The molecule has 1 aliphatic rings. The molecule has 0 bridgehead atoms. The molecule has 1 rings (SSSR count). The third-order valence-corrected chi connectivity index (χ3v) is 4.64. The van der Waals surface area contributed by atoms with Gasteiger partial charge in [0.1, 0.15) is 0 Å². The molecule has 1 nitrogen and oxygen atoms in total. The van der Waals surface area contributed by atoms with E-state index >= 15 is 0 Å². The van der Waals surface area contributed by atoms with Gasteiger partial charge >= 0.3 is 0 Å². The highest BCUT2D eigenvalue weighted by Gasteiger charge is 2.21. The summed E-state index contributed by atoms with van der Waals surface area (Å²) < 4.78 is 0. The van der Waals surface area contributed by atoms with Crippen LogP contribution >= 0.6 is 0 Å². The molecule has 0 saturated heterocycles. The fourth-order valence-corrected chi connectivity index (χ4v) is 3.14. The zero-order valence-corrected chi connectivity index (χ0v) is 14.2. The minimum atomic E-state index is 0.133. The molecule has 21 heavy (non-hydrogen) atoms. The zero-order valence-electron chi connectivity index (χ0n) is 14.2. The lowest BCUT2D eigenvalue weighted by molar-refractivity contribution is -0.118. The van der Waals surface area contributed by atoms with Crippen LogP contribution in [0.15, 0.2) is 24.3 Å². The predicted molar refractivity (Wildman–Crippen MR) is 92.4 cm³/mol. The highest BCUT2D eigenvalue weighted by atomic mass is 16.1. The second kappa shape index (κ2) is 11.8. The topological polar surface area (TPSA) is 17.1 Å². The largest absolute Gasteiger partial charge is 0.294 e. The summed E-state index contributed by atoms with van der Waals surface area (Å²) in [4.78, 5) is 11.8. The van der Waals surface area contributed by atoms with Gasteiger partial charge in [-0.25, -0.2) is 0 Å². The fraction of sp³-hybridized carbons (Fsp3) is 0.750. The number of allylic oxidation sites excluding steroid dienone is 4. The first kappa shape index (κ1) is 18.2. The predicted octanol–water partition coefficient (Wildman–Crippen LogP) is 6.24. The molecule has 0 amide bonds. The van der Waals surface area contributed by atoms with E-state index < -0.39 is 0 Å². The van der Waals surface area contributed by atoms with Gasteiger partial charge in [0.15, 0.2) is 5.78 Å². The van der Waals surface area contributed by atoms with Crippen LogP contribution < -0.4 is 0 Å². The molecule has 120 valence electrons. The van der Waals surface area contributed by atoms with E-state index in [1.807, 2.05) is 12.2 Å². The van der Waals surface area contributed by atoms with Crippen molar-refractivity contribution < 1.29 is 4.79 Å². The van der Waals surface area contributed by atoms with E-state index in [0.717, 1.165) is 0 Å². The van der Waals surface area contributed by atoms with Crippen LogP contribution in [-0.4, -0.2) is 5.78 Å². The van der Waals surface area contributed by atoms with Gasteiger partial charge in [-0.2, -0.15) is 0 Å². The van der Waals surface area contributed by atoms with Crippen LogP contribution in [-0.2, 0) is 4.79 Å². The Morgan fingerprint density at radius 1 is 0.905 bits per heavy atom. The summed E-state index contributed by atoms with van der Waals surface area (Å²) in [7, 11) is 0. The summed E-state index contributed by atoms with van der Waals surface area (Å²) in [5.41, 5.74) is 0. The maximum atomic E-state index is 11.8. The molecule has 2 unspecified atom stereocenters. The molecule has 0 heterocycles. The van der Waals surface area contributed by atoms with Crippen LogP contribution in [0.2, 0.25) is 0 Å². The van der Waals surface area contributed by atoms with Gasteiger partial charge in [-0.05, 0) is 18.4 Å². The molecule has 0 saturated carbocycles. The van der Waals surface area contributed by atoms with Crippen molar-refractivity contribution in [2.24, 2.45) is 11.8 Å². The second-order valence-electron chi connectivity index (χ2n) is 6.62. The fourth-order valence-electron chi connectivity index (χ4n) is 3.14. The summed E-state index contributed by atoms with van der Waals surface area (Å²) in [6.45, 7) is 4.49. The summed E-state index contributed by atoms with van der Waals surface area (Å²) in [5, 5.41) is 0. The molecular weight excluding hydrogens is 256 g/mol. The lowest BCUT2D eigenvalue weighted by atomic mass is 9.84. The van der Waals surface area contributed by atoms with Crippen LogP contribution in [0.25, 0.3) is 0 Å². The standard InChI is InChI=1S/C20H34O/c1-3-4-5-6-7-8-9-10-11-12-15-18(2)19-16-13-14-17-20(19)21/h13-14,16-19H,3-12,15H2,1-2H3. The molecule has 0 spiro atoms. The monoisotopic (exact) mass is 290 g/mol. The summed E-state index contributed by atoms with van der Waals surface area (Å²) in [5.74, 6) is 0.915. The van der Waals surface area contributed by atoms with E-state index in [9.17, 15) is 4.79 Å². The van der Waals surface area contributed by atoms with Gasteiger partial charge in [-0.1, -0.05) is 96.3 Å². The van der Waals surface area contributed by atoms with Gasteiger partial charge in [0, 0.05) is 5.92 Å². The van der Waals surface area contributed by atoms with Crippen molar-refractivity contribution >= 4 is 5.78 Å². The van der Waals surface area contributed by atoms with Crippen molar-refractivity contribution in [2.75, 3.05) is 0 Å². The normalized spacial score (nSPS) is 19.1. The lowest BCUT2D eigenvalue weighted by Gasteiger charge is -2.19. The van der Waals surface area contributed by atoms with Gasteiger partial charge in [0.25, 0.3) is 0 Å². The minimum absolute atomic E-state index is 0.133. The quantitative estimate of drug-likeness (QED) is 0.388. The molecular formula is C20H34O. The summed E-state index contributed by atoms with van der Waals surface area (Å²) >= 11 is 0.